The topological polar surface area (TPSA) is 75.8 Å². The van der Waals surface area contributed by atoms with Gasteiger partial charge in [0, 0.05) is 13.0 Å². The number of likely N-dealkylation sites (tertiary alicyclic amines) is 1. The first-order valence-electron chi connectivity index (χ1n) is 11.5. The van der Waals surface area contributed by atoms with E-state index in [1.54, 1.807) is 0 Å². The molecule has 3 N–H and O–H groups in total. The summed E-state index contributed by atoms with van der Waals surface area (Å²) in [6.07, 6.45) is 2.46. The van der Waals surface area contributed by atoms with Crippen LogP contribution in [0, 0.1) is 0 Å². The Labute approximate surface area is 189 Å². The number of nitrogens with two attached hydrogens (primary N) is 1. The van der Waals surface area contributed by atoms with Gasteiger partial charge in [-0.05, 0) is 66.2 Å². The molecule has 0 spiro atoms. The Balaban J connectivity index is 1.27. The van der Waals surface area contributed by atoms with Crippen LogP contribution in [0.4, 0.5) is 0 Å². The van der Waals surface area contributed by atoms with E-state index in [2.05, 4.69) is 47.4 Å². The fourth-order valence-corrected chi connectivity index (χ4v) is 4.68. The van der Waals surface area contributed by atoms with Crippen LogP contribution < -0.4 is 10.5 Å². The molecule has 1 aliphatic heterocycles. The number of para-hydroxylation sites is 1. The number of rotatable bonds is 9. The van der Waals surface area contributed by atoms with Crippen LogP contribution in [0.2, 0.25) is 0 Å². The average molecular weight is 433 g/mol. The zero-order valence-electron chi connectivity index (χ0n) is 18.5. The highest BCUT2D eigenvalue weighted by atomic mass is 16.5. The zero-order valence-corrected chi connectivity index (χ0v) is 18.5. The third-order valence-electron chi connectivity index (χ3n) is 6.36. The number of hydrogen-bond acceptors (Lipinski definition) is 4. The van der Waals surface area contributed by atoms with Crippen molar-refractivity contribution in [2.24, 2.45) is 5.73 Å². The van der Waals surface area contributed by atoms with Crippen LogP contribution in [0.5, 0.6) is 5.75 Å². The molecular formula is C27H32N2O3. The van der Waals surface area contributed by atoms with Gasteiger partial charge in [0.05, 0.1) is 0 Å². The molecule has 1 unspecified atom stereocenters. The summed E-state index contributed by atoms with van der Waals surface area (Å²) in [5, 5.41) is 13.2. The van der Waals surface area contributed by atoms with Crippen molar-refractivity contribution in [3.63, 3.8) is 0 Å². The largest absolute Gasteiger partial charge is 0.491 e. The molecule has 0 radical (unpaired) electrons. The van der Waals surface area contributed by atoms with Crippen LogP contribution in [-0.4, -0.2) is 48.3 Å². The minimum atomic E-state index is -0.562. The van der Waals surface area contributed by atoms with Gasteiger partial charge in [-0.2, -0.15) is 0 Å². The molecule has 4 rings (SSSR count). The van der Waals surface area contributed by atoms with Crippen molar-refractivity contribution in [1.82, 2.24) is 4.90 Å². The third-order valence-corrected chi connectivity index (χ3v) is 6.36. The van der Waals surface area contributed by atoms with Gasteiger partial charge < -0.3 is 20.5 Å². The average Bonchev–Trinajstić information content (AvgIpc) is 2.82. The number of benzene rings is 3. The number of carbonyl (C=O) groups is 1. The lowest BCUT2D eigenvalue weighted by atomic mass is 9.86. The number of aliphatic hydroxyl groups is 1. The fraction of sp³-hybridized carbons (Fsp3) is 0.370. The number of carbonyl (C=O) groups excluding carboxylic acids is 1. The summed E-state index contributed by atoms with van der Waals surface area (Å²) < 4.78 is 5.88. The van der Waals surface area contributed by atoms with Gasteiger partial charge in [-0.15, -0.1) is 0 Å². The number of primary amides is 1. The molecule has 3 aromatic carbocycles. The molecule has 5 heteroatoms. The van der Waals surface area contributed by atoms with E-state index in [-0.39, 0.29) is 18.9 Å². The smallest absolute Gasteiger partial charge is 0.217 e. The van der Waals surface area contributed by atoms with Crippen LogP contribution in [0.1, 0.15) is 36.3 Å². The first-order chi connectivity index (χ1) is 15.6. The van der Waals surface area contributed by atoms with E-state index in [1.807, 2.05) is 24.3 Å². The molecule has 0 bridgehead atoms. The summed E-state index contributed by atoms with van der Waals surface area (Å²) in [5.74, 6) is 0.942. The Morgan fingerprint density at radius 3 is 2.56 bits per heavy atom. The first-order valence-corrected chi connectivity index (χ1v) is 11.5. The lowest BCUT2D eigenvalue weighted by Gasteiger charge is -2.33. The predicted molar refractivity (Wildman–Crippen MR) is 128 cm³/mol. The summed E-state index contributed by atoms with van der Waals surface area (Å²) in [7, 11) is 0. The highest BCUT2D eigenvalue weighted by molar-refractivity contribution is 5.86. The summed E-state index contributed by atoms with van der Waals surface area (Å²) in [6.45, 7) is 2.78. The van der Waals surface area contributed by atoms with Crippen molar-refractivity contribution >= 4 is 16.7 Å². The van der Waals surface area contributed by atoms with Crippen LogP contribution >= 0.6 is 0 Å². The molecule has 0 aromatic heterocycles. The number of β-amino-alcohol motifs (C(OH)–C–C–N with tert-alkyl or cyclic N) is 1. The fourth-order valence-electron chi connectivity index (χ4n) is 4.68. The Kier molecular flexibility index (Phi) is 7.40. The van der Waals surface area contributed by atoms with E-state index >= 15 is 0 Å². The number of amides is 1. The van der Waals surface area contributed by atoms with Crippen molar-refractivity contribution in [3.8, 4) is 5.75 Å². The van der Waals surface area contributed by atoms with Crippen molar-refractivity contribution in [1.29, 1.82) is 0 Å². The molecule has 1 heterocycles. The van der Waals surface area contributed by atoms with Gasteiger partial charge in [-0.1, -0.05) is 60.7 Å². The number of fused-ring (bicyclic) bond motifs is 1. The monoisotopic (exact) mass is 432 g/mol. The first kappa shape index (κ1) is 22.3. The summed E-state index contributed by atoms with van der Waals surface area (Å²) >= 11 is 0. The second-order valence-corrected chi connectivity index (χ2v) is 8.68. The minimum Gasteiger partial charge on any atom is -0.491 e. The second-order valence-electron chi connectivity index (χ2n) is 8.68. The van der Waals surface area contributed by atoms with Crippen molar-refractivity contribution < 1.29 is 14.6 Å². The summed E-state index contributed by atoms with van der Waals surface area (Å²) in [6, 6.07) is 22.8. The molecule has 1 fully saturated rings. The highest BCUT2D eigenvalue weighted by Gasteiger charge is 2.23. The Hall–Kier alpha value is -2.89. The van der Waals surface area contributed by atoms with E-state index < -0.39 is 6.10 Å². The van der Waals surface area contributed by atoms with Crippen LogP contribution in [0.3, 0.4) is 0 Å². The molecule has 168 valence electrons. The van der Waals surface area contributed by atoms with Gasteiger partial charge in [0.15, 0.2) is 0 Å². The number of nitrogens with zero attached hydrogens (tertiary/aromatic N) is 1. The predicted octanol–water partition coefficient (Wildman–Crippen LogP) is 3.88. The van der Waals surface area contributed by atoms with Gasteiger partial charge >= 0.3 is 0 Å². The second kappa shape index (κ2) is 10.6. The third kappa shape index (κ3) is 5.67. The molecule has 32 heavy (non-hydrogen) atoms. The number of piperidine rings is 1. The molecule has 1 aliphatic rings. The maximum Gasteiger partial charge on any atom is 0.217 e. The van der Waals surface area contributed by atoms with E-state index in [1.165, 1.54) is 16.3 Å². The number of aryl methyl sites for hydroxylation is 1. The molecule has 1 amide bonds. The minimum absolute atomic E-state index is 0.233. The summed E-state index contributed by atoms with van der Waals surface area (Å²) in [4.78, 5) is 13.4. The molecule has 1 atom stereocenters. The number of hydrogen-bond donors (Lipinski definition) is 2. The zero-order chi connectivity index (χ0) is 22.3. The van der Waals surface area contributed by atoms with Crippen LogP contribution in [0.15, 0.2) is 66.7 Å². The SMILES string of the molecule is NC(=O)CCc1ccccc1OCC(O)CN1CCC(c2cccc3ccccc23)CC1. The van der Waals surface area contributed by atoms with Gasteiger partial charge in [-0.25, -0.2) is 0 Å². The van der Waals surface area contributed by atoms with Gasteiger partial charge in [0.2, 0.25) is 5.91 Å². The highest BCUT2D eigenvalue weighted by Crippen LogP contribution is 2.33. The normalized spacial score (nSPS) is 16.2. The lowest BCUT2D eigenvalue weighted by molar-refractivity contribution is -0.117. The Morgan fingerprint density at radius 2 is 1.75 bits per heavy atom. The van der Waals surface area contributed by atoms with Crippen LogP contribution in [0.25, 0.3) is 10.8 Å². The van der Waals surface area contributed by atoms with Crippen molar-refractivity contribution in [2.45, 2.75) is 37.7 Å². The maximum atomic E-state index is 11.1. The molecule has 5 nitrogen and oxygen atoms in total. The Morgan fingerprint density at radius 1 is 1.03 bits per heavy atom. The van der Waals surface area contributed by atoms with Gasteiger partial charge in [0.1, 0.15) is 18.5 Å². The molecular weight excluding hydrogens is 400 g/mol. The van der Waals surface area contributed by atoms with E-state index in [0.29, 0.717) is 24.6 Å². The summed E-state index contributed by atoms with van der Waals surface area (Å²) in [5.41, 5.74) is 7.65. The van der Waals surface area contributed by atoms with E-state index in [0.717, 1.165) is 31.5 Å². The van der Waals surface area contributed by atoms with Gasteiger partial charge in [0.25, 0.3) is 0 Å². The van der Waals surface area contributed by atoms with Gasteiger partial charge in [-0.3, -0.25) is 4.79 Å². The molecule has 3 aromatic rings. The maximum absolute atomic E-state index is 11.1. The number of ether oxygens (including phenoxy) is 1. The quantitative estimate of drug-likeness (QED) is 0.538. The van der Waals surface area contributed by atoms with Crippen molar-refractivity contribution in [3.05, 3.63) is 77.9 Å². The molecule has 0 aliphatic carbocycles. The standard InChI is InChI=1S/C27H32N2O3/c28-27(31)13-12-22-7-2-4-11-26(22)32-19-23(30)18-29-16-14-21(15-17-29)25-10-5-8-20-6-1-3-9-24(20)25/h1-11,21,23,30H,12-19H2,(H2,28,31). The van der Waals surface area contributed by atoms with E-state index in [4.69, 9.17) is 10.5 Å². The Bertz CT molecular complexity index is 1040. The van der Waals surface area contributed by atoms with E-state index in [9.17, 15) is 9.90 Å². The molecule has 0 saturated carbocycles. The number of aliphatic hydroxyl groups excluding tert-OH is 1. The molecule has 1 saturated heterocycles. The van der Waals surface area contributed by atoms with Crippen molar-refractivity contribution in [2.75, 3.05) is 26.2 Å². The van der Waals surface area contributed by atoms with Crippen LogP contribution in [-0.2, 0) is 11.2 Å². The lowest BCUT2D eigenvalue weighted by Crippen LogP contribution is -2.40.